The second-order valence-electron chi connectivity index (χ2n) is 6.03. The third kappa shape index (κ3) is 3.96. The third-order valence-corrected chi connectivity index (χ3v) is 4.99. The summed E-state index contributed by atoms with van der Waals surface area (Å²) in [7, 11) is 1.60. The topological polar surface area (TPSA) is 67.4 Å². The van der Waals surface area contributed by atoms with Crippen molar-refractivity contribution in [2.24, 2.45) is 0 Å². The van der Waals surface area contributed by atoms with Crippen LogP contribution in [0, 0.1) is 0 Å². The number of hydrogen-bond donors (Lipinski definition) is 2. The lowest BCUT2D eigenvalue weighted by Gasteiger charge is -2.12. The van der Waals surface area contributed by atoms with Crippen molar-refractivity contribution in [3.8, 4) is 5.75 Å². The molecule has 2 aromatic rings. The van der Waals surface area contributed by atoms with Crippen molar-refractivity contribution < 1.29 is 14.3 Å². The Morgan fingerprint density at radius 3 is 2.42 bits per heavy atom. The predicted molar refractivity (Wildman–Crippen MR) is 106 cm³/mol. The van der Waals surface area contributed by atoms with Crippen molar-refractivity contribution in [3.05, 3.63) is 63.8 Å². The fraction of sp³-hybridized carbons (Fsp3) is 0.200. The first-order valence-electron chi connectivity index (χ1n) is 8.23. The van der Waals surface area contributed by atoms with Gasteiger partial charge in [-0.15, -0.1) is 0 Å². The summed E-state index contributed by atoms with van der Waals surface area (Å²) in [6.07, 6.45) is 1.27. The van der Waals surface area contributed by atoms with Crippen LogP contribution in [0.25, 0.3) is 0 Å². The molecular weight excluding hydrogens is 396 g/mol. The Hall–Kier alpha value is -2.60. The molecule has 0 atom stereocenters. The van der Waals surface area contributed by atoms with Crippen molar-refractivity contribution >= 4 is 39.0 Å². The van der Waals surface area contributed by atoms with Crippen molar-refractivity contribution in [2.75, 3.05) is 17.7 Å². The summed E-state index contributed by atoms with van der Waals surface area (Å²) in [4.78, 5) is 24.1. The van der Waals surface area contributed by atoms with Gasteiger partial charge in [0.15, 0.2) is 5.78 Å². The van der Waals surface area contributed by atoms with E-state index in [-0.39, 0.29) is 11.7 Å². The van der Waals surface area contributed by atoms with E-state index in [1.165, 1.54) is 0 Å². The minimum absolute atomic E-state index is 0.180. The number of ketones is 1. The first-order valence-corrected chi connectivity index (χ1v) is 9.02. The molecule has 0 heterocycles. The molecule has 0 spiro atoms. The summed E-state index contributed by atoms with van der Waals surface area (Å²) < 4.78 is 5.87. The summed E-state index contributed by atoms with van der Waals surface area (Å²) >= 11 is 3.50. The lowest BCUT2D eigenvalue weighted by atomic mass is 10.1. The molecule has 1 amide bonds. The fourth-order valence-electron chi connectivity index (χ4n) is 2.74. The number of carbonyl (C=O) groups excluding carboxylic acids is 2. The zero-order chi connectivity index (χ0) is 18.7. The highest BCUT2D eigenvalue weighted by atomic mass is 79.9. The normalized spacial score (nSPS) is 13.7. The minimum atomic E-state index is -0.200. The SMILES string of the molecule is COc1ccc(NC(=O)c2ccc(NC3=C(C)C(=O)CC3)c(Br)c2)cc1. The van der Waals surface area contributed by atoms with Crippen molar-refractivity contribution in [2.45, 2.75) is 19.8 Å². The maximum atomic E-state index is 12.4. The molecular formula is C20H19BrN2O3. The van der Waals surface area contributed by atoms with Crippen molar-refractivity contribution in [1.29, 1.82) is 0 Å². The number of halogens is 1. The Bertz CT molecular complexity index is 888. The minimum Gasteiger partial charge on any atom is -0.497 e. The lowest BCUT2D eigenvalue weighted by Crippen LogP contribution is -2.12. The Labute approximate surface area is 160 Å². The molecule has 2 aromatic carbocycles. The summed E-state index contributed by atoms with van der Waals surface area (Å²) in [6.45, 7) is 1.84. The van der Waals surface area contributed by atoms with Gasteiger partial charge < -0.3 is 15.4 Å². The second kappa shape index (κ2) is 7.74. The number of benzene rings is 2. The van der Waals surface area contributed by atoms with Crippen LogP contribution in [0.2, 0.25) is 0 Å². The molecule has 6 heteroatoms. The average Bonchev–Trinajstić information content (AvgIpc) is 2.96. The number of ether oxygens (including phenoxy) is 1. The molecule has 0 aliphatic heterocycles. The van der Waals surface area contributed by atoms with Gasteiger partial charge in [-0.2, -0.15) is 0 Å². The maximum Gasteiger partial charge on any atom is 0.255 e. The zero-order valence-corrected chi connectivity index (χ0v) is 16.1. The highest BCUT2D eigenvalue weighted by molar-refractivity contribution is 9.10. The van der Waals surface area contributed by atoms with E-state index in [1.54, 1.807) is 43.5 Å². The Kier molecular flexibility index (Phi) is 5.42. The molecule has 2 N–H and O–H groups in total. The summed E-state index contributed by atoms with van der Waals surface area (Å²) in [5.41, 5.74) is 3.77. The van der Waals surface area contributed by atoms with Crippen LogP contribution in [-0.4, -0.2) is 18.8 Å². The molecule has 0 saturated carbocycles. The van der Waals surface area contributed by atoms with Crippen LogP contribution in [0.3, 0.4) is 0 Å². The Morgan fingerprint density at radius 2 is 1.85 bits per heavy atom. The second-order valence-corrected chi connectivity index (χ2v) is 6.88. The van der Waals surface area contributed by atoms with E-state index in [9.17, 15) is 9.59 Å². The average molecular weight is 415 g/mol. The fourth-order valence-corrected chi connectivity index (χ4v) is 3.21. The predicted octanol–water partition coefficient (Wildman–Crippen LogP) is 4.76. The third-order valence-electron chi connectivity index (χ3n) is 4.34. The van der Waals surface area contributed by atoms with Gasteiger partial charge in [0.25, 0.3) is 5.91 Å². The number of amides is 1. The van der Waals surface area contributed by atoms with Crippen LogP contribution in [0.15, 0.2) is 58.2 Å². The van der Waals surface area contributed by atoms with Gasteiger partial charge in [0.05, 0.1) is 12.8 Å². The molecule has 0 fully saturated rings. The standard InChI is InChI=1S/C20H19BrN2O3/c1-12-17(9-10-19(12)24)23-18-8-3-13(11-16(18)21)20(25)22-14-4-6-15(26-2)7-5-14/h3-8,11,23H,9-10H2,1-2H3,(H,22,25). The van der Waals surface area contributed by atoms with E-state index in [0.717, 1.165) is 33.6 Å². The zero-order valence-electron chi connectivity index (χ0n) is 14.6. The number of nitrogens with one attached hydrogen (secondary N) is 2. The number of carbonyl (C=O) groups is 2. The highest BCUT2D eigenvalue weighted by Crippen LogP contribution is 2.30. The number of hydrogen-bond acceptors (Lipinski definition) is 4. The van der Waals surface area contributed by atoms with Crippen LogP contribution < -0.4 is 15.4 Å². The number of Topliss-reactive ketones (excluding diaryl/α,β-unsaturated/α-hetero) is 1. The van der Waals surface area contributed by atoms with Gasteiger partial charge in [-0.25, -0.2) is 0 Å². The van der Waals surface area contributed by atoms with Gasteiger partial charge in [0, 0.05) is 33.4 Å². The molecule has 0 bridgehead atoms. The van der Waals surface area contributed by atoms with Gasteiger partial charge in [0.2, 0.25) is 0 Å². The van der Waals surface area contributed by atoms with Gasteiger partial charge in [-0.05, 0) is 71.7 Å². The molecule has 134 valence electrons. The molecule has 0 saturated heterocycles. The molecule has 0 radical (unpaired) electrons. The van der Waals surface area contributed by atoms with E-state index in [1.807, 2.05) is 13.0 Å². The number of methoxy groups -OCH3 is 1. The van der Waals surface area contributed by atoms with Gasteiger partial charge >= 0.3 is 0 Å². The van der Waals surface area contributed by atoms with E-state index in [4.69, 9.17) is 4.74 Å². The van der Waals surface area contributed by atoms with Gasteiger partial charge in [-0.3, -0.25) is 9.59 Å². The molecule has 26 heavy (non-hydrogen) atoms. The van der Waals surface area contributed by atoms with Gasteiger partial charge in [0.1, 0.15) is 5.75 Å². The van der Waals surface area contributed by atoms with Crippen LogP contribution >= 0.6 is 15.9 Å². The van der Waals surface area contributed by atoms with Crippen molar-refractivity contribution in [3.63, 3.8) is 0 Å². The molecule has 3 rings (SSSR count). The Balaban J connectivity index is 1.72. The molecule has 0 unspecified atom stereocenters. The van der Waals surface area contributed by atoms with Crippen LogP contribution in [0.1, 0.15) is 30.1 Å². The summed E-state index contributed by atoms with van der Waals surface area (Å²) in [6, 6.07) is 12.5. The largest absolute Gasteiger partial charge is 0.497 e. The maximum absolute atomic E-state index is 12.4. The Morgan fingerprint density at radius 1 is 1.12 bits per heavy atom. The van der Waals surface area contributed by atoms with E-state index in [2.05, 4.69) is 26.6 Å². The molecule has 5 nitrogen and oxygen atoms in total. The monoisotopic (exact) mass is 414 g/mol. The summed E-state index contributed by atoms with van der Waals surface area (Å²) in [5, 5.41) is 6.14. The molecule has 0 aromatic heterocycles. The van der Waals surface area contributed by atoms with Crippen LogP contribution in [0.5, 0.6) is 5.75 Å². The van der Waals surface area contributed by atoms with Crippen LogP contribution in [-0.2, 0) is 4.79 Å². The first-order chi connectivity index (χ1) is 12.5. The van der Waals surface area contributed by atoms with E-state index < -0.39 is 0 Å². The summed E-state index contributed by atoms with van der Waals surface area (Å²) in [5.74, 6) is 0.712. The molecule has 1 aliphatic carbocycles. The smallest absolute Gasteiger partial charge is 0.255 e. The lowest BCUT2D eigenvalue weighted by molar-refractivity contribution is -0.114. The highest BCUT2D eigenvalue weighted by Gasteiger charge is 2.20. The van der Waals surface area contributed by atoms with Crippen molar-refractivity contribution in [1.82, 2.24) is 0 Å². The van der Waals surface area contributed by atoms with E-state index >= 15 is 0 Å². The van der Waals surface area contributed by atoms with Gasteiger partial charge in [-0.1, -0.05) is 0 Å². The molecule has 1 aliphatic rings. The quantitative estimate of drug-likeness (QED) is 0.739. The van der Waals surface area contributed by atoms with E-state index in [0.29, 0.717) is 17.7 Å². The first kappa shape index (κ1) is 18.2. The number of allylic oxidation sites excluding steroid dienone is 2. The number of anilines is 2. The number of rotatable bonds is 5. The van der Waals surface area contributed by atoms with Crippen LogP contribution in [0.4, 0.5) is 11.4 Å².